The molecule has 1 aliphatic heterocycles. The molecule has 0 N–H and O–H groups in total. The minimum absolute atomic E-state index is 0.00879. The lowest BCUT2D eigenvalue weighted by molar-refractivity contribution is 0.0599. The summed E-state index contributed by atoms with van der Waals surface area (Å²) in [5.74, 6) is -1.31. The summed E-state index contributed by atoms with van der Waals surface area (Å²) >= 11 is 0. The van der Waals surface area contributed by atoms with Gasteiger partial charge in [-0.15, -0.1) is 0 Å². The van der Waals surface area contributed by atoms with Gasteiger partial charge in [0, 0.05) is 6.54 Å². The maximum atomic E-state index is 13.6. The Labute approximate surface area is 194 Å². The van der Waals surface area contributed by atoms with Crippen LogP contribution in [0.25, 0.3) is 11.0 Å². The van der Waals surface area contributed by atoms with Gasteiger partial charge < -0.3 is 14.1 Å². The highest BCUT2D eigenvalue weighted by Gasteiger charge is 2.42. The molecule has 170 valence electrons. The molecule has 0 saturated heterocycles. The van der Waals surface area contributed by atoms with Crippen LogP contribution < -0.4 is 5.43 Å². The first-order valence-electron chi connectivity index (χ1n) is 10.7. The summed E-state index contributed by atoms with van der Waals surface area (Å²) in [4.78, 5) is 40.5. The number of aryl methyl sites for hydroxylation is 1. The lowest BCUT2D eigenvalue weighted by atomic mass is 9.97. The largest absolute Gasteiger partial charge is 0.465 e. The third-order valence-electron chi connectivity index (χ3n) is 6.03. The highest BCUT2D eigenvalue weighted by Crippen LogP contribution is 2.39. The molecular weight excluding hydrogens is 437 g/mol. The van der Waals surface area contributed by atoms with E-state index in [4.69, 9.17) is 9.15 Å². The zero-order valence-electron chi connectivity index (χ0n) is 18.5. The van der Waals surface area contributed by atoms with Crippen molar-refractivity contribution < 1.29 is 23.1 Å². The number of halogens is 1. The monoisotopic (exact) mass is 457 g/mol. The standard InChI is InChI=1S/C27H20FNO5/c1-15-3-12-21-20(13-15)24(30)22-23(17-6-8-18(9-7-17)27(32)33-2)29(26(31)25(22)34-21)14-16-4-10-19(28)11-5-16/h3-13,23H,14H2,1-2H3/t23-/m1/s1. The Morgan fingerprint density at radius 2 is 1.74 bits per heavy atom. The smallest absolute Gasteiger partial charge is 0.337 e. The maximum Gasteiger partial charge on any atom is 0.337 e. The summed E-state index contributed by atoms with van der Waals surface area (Å²) < 4.78 is 24.1. The first kappa shape index (κ1) is 21.6. The molecule has 0 unspecified atom stereocenters. The molecule has 6 nitrogen and oxygen atoms in total. The fraction of sp³-hybridized carbons (Fsp3) is 0.148. The van der Waals surface area contributed by atoms with Crippen LogP contribution in [0.3, 0.4) is 0 Å². The molecule has 1 aliphatic rings. The van der Waals surface area contributed by atoms with Gasteiger partial charge in [-0.1, -0.05) is 35.9 Å². The van der Waals surface area contributed by atoms with Gasteiger partial charge in [0.2, 0.25) is 5.76 Å². The van der Waals surface area contributed by atoms with Crippen LogP contribution in [-0.4, -0.2) is 23.9 Å². The van der Waals surface area contributed by atoms with Gasteiger partial charge in [-0.2, -0.15) is 0 Å². The van der Waals surface area contributed by atoms with E-state index in [1.54, 1.807) is 48.5 Å². The van der Waals surface area contributed by atoms with Crippen LogP contribution in [0.1, 0.15) is 49.2 Å². The van der Waals surface area contributed by atoms with Crippen LogP contribution >= 0.6 is 0 Å². The number of amides is 1. The van der Waals surface area contributed by atoms with E-state index in [1.807, 2.05) is 13.0 Å². The number of rotatable bonds is 4. The van der Waals surface area contributed by atoms with Crippen molar-refractivity contribution >= 4 is 22.8 Å². The molecule has 0 saturated carbocycles. The minimum Gasteiger partial charge on any atom is -0.465 e. The van der Waals surface area contributed by atoms with Gasteiger partial charge in [-0.05, 0) is 54.4 Å². The van der Waals surface area contributed by atoms with Crippen molar-refractivity contribution in [1.29, 1.82) is 0 Å². The fourth-order valence-electron chi connectivity index (χ4n) is 4.35. The first-order valence-corrected chi connectivity index (χ1v) is 10.7. The van der Waals surface area contributed by atoms with E-state index in [0.717, 1.165) is 5.56 Å². The summed E-state index contributed by atoms with van der Waals surface area (Å²) in [5.41, 5.74) is 2.89. The SMILES string of the molecule is COC(=O)c1ccc([C@@H]2c3c(oc4ccc(C)cc4c3=O)C(=O)N2Cc2ccc(F)cc2)cc1. The number of carbonyl (C=O) groups excluding carboxylic acids is 2. The number of esters is 1. The van der Waals surface area contributed by atoms with Gasteiger partial charge >= 0.3 is 5.97 Å². The summed E-state index contributed by atoms with van der Waals surface area (Å²) in [6, 6.07) is 16.9. The Balaban J connectivity index is 1.68. The van der Waals surface area contributed by atoms with Crippen molar-refractivity contribution in [2.75, 3.05) is 7.11 Å². The van der Waals surface area contributed by atoms with Crippen molar-refractivity contribution in [1.82, 2.24) is 4.90 Å². The van der Waals surface area contributed by atoms with Crippen molar-refractivity contribution in [3.05, 3.63) is 116 Å². The van der Waals surface area contributed by atoms with E-state index < -0.39 is 17.9 Å². The second-order valence-electron chi connectivity index (χ2n) is 8.25. The number of hydrogen-bond donors (Lipinski definition) is 0. The van der Waals surface area contributed by atoms with Crippen molar-refractivity contribution in [2.24, 2.45) is 0 Å². The molecule has 0 bridgehead atoms. The predicted octanol–water partition coefficient (Wildman–Crippen LogP) is 4.77. The molecule has 2 heterocycles. The van der Waals surface area contributed by atoms with Crippen molar-refractivity contribution in [2.45, 2.75) is 19.5 Å². The molecule has 5 rings (SSSR count). The number of ether oxygens (including phenoxy) is 1. The molecule has 0 spiro atoms. The highest BCUT2D eigenvalue weighted by molar-refractivity contribution is 5.99. The van der Waals surface area contributed by atoms with Gasteiger partial charge in [0.05, 0.1) is 29.7 Å². The Morgan fingerprint density at radius 3 is 2.41 bits per heavy atom. The number of nitrogens with zero attached hydrogens (tertiary/aromatic N) is 1. The van der Waals surface area contributed by atoms with Crippen LogP contribution in [0.5, 0.6) is 0 Å². The lowest BCUT2D eigenvalue weighted by Gasteiger charge is -2.25. The van der Waals surface area contributed by atoms with Crippen LogP contribution in [0.15, 0.2) is 75.9 Å². The lowest BCUT2D eigenvalue weighted by Crippen LogP contribution is -2.29. The molecule has 3 aromatic carbocycles. The second-order valence-corrected chi connectivity index (χ2v) is 8.25. The van der Waals surface area contributed by atoms with Crippen LogP contribution in [-0.2, 0) is 11.3 Å². The number of benzene rings is 3. The topological polar surface area (TPSA) is 76.8 Å². The molecule has 0 fully saturated rings. The molecule has 7 heteroatoms. The maximum absolute atomic E-state index is 13.6. The third-order valence-corrected chi connectivity index (χ3v) is 6.03. The predicted molar refractivity (Wildman–Crippen MR) is 123 cm³/mol. The Kier molecular flexibility index (Phi) is 5.24. The van der Waals surface area contributed by atoms with E-state index in [9.17, 15) is 18.8 Å². The van der Waals surface area contributed by atoms with Crippen LogP contribution in [0, 0.1) is 12.7 Å². The fourth-order valence-corrected chi connectivity index (χ4v) is 4.35. The zero-order chi connectivity index (χ0) is 24.0. The summed E-state index contributed by atoms with van der Waals surface area (Å²) in [6.45, 7) is 2.02. The van der Waals surface area contributed by atoms with Crippen LogP contribution in [0.2, 0.25) is 0 Å². The number of fused-ring (bicyclic) bond motifs is 2. The average molecular weight is 457 g/mol. The van der Waals surface area contributed by atoms with Crippen LogP contribution in [0.4, 0.5) is 4.39 Å². The molecule has 1 amide bonds. The number of hydrogen-bond acceptors (Lipinski definition) is 5. The van der Waals surface area contributed by atoms with E-state index in [0.29, 0.717) is 27.7 Å². The first-order chi connectivity index (χ1) is 16.4. The normalized spacial score (nSPS) is 15.0. The van der Waals surface area contributed by atoms with E-state index in [2.05, 4.69) is 0 Å². The van der Waals surface area contributed by atoms with E-state index >= 15 is 0 Å². The number of methoxy groups -OCH3 is 1. The molecule has 0 aliphatic carbocycles. The Morgan fingerprint density at radius 1 is 1.03 bits per heavy atom. The second kappa shape index (κ2) is 8.26. The molecule has 1 atom stereocenters. The van der Waals surface area contributed by atoms with Crippen molar-refractivity contribution in [3.63, 3.8) is 0 Å². The third kappa shape index (κ3) is 3.55. The Hall–Kier alpha value is -4.26. The van der Waals surface area contributed by atoms with Gasteiger partial charge in [-0.3, -0.25) is 9.59 Å². The summed E-state index contributed by atoms with van der Waals surface area (Å²) in [7, 11) is 1.30. The zero-order valence-corrected chi connectivity index (χ0v) is 18.5. The van der Waals surface area contributed by atoms with Gasteiger partial charge in [0.15, 0.2) is 5.43 Å². The van der Waals surface area contributed by atoms with E-state index in [1.165, 1.54) is 24.1 Å². The molecule has 34 heavy (non-hydrogen) atoms. The molecular formula is C27H20FNO5. The van der Waals surface area contributed by atoms with Gasteiger partial charge in [-0.25, -0.2) is 9.18 Å². The molecule has 4 aromatic rings. The quantitative estimate of drug-likeness (QED) is 0.413. The highest BCUT2D eigenvalue weighted by atomic mass is 19.1. The molecule has 1 aromatic heterocycles. The number of carbonyl (C=O) groups is 2. The van der Waals surface area contributed by atoms with Crippen molar-refractivity contribution in [3.8, 4) is 0 Å². The summed E-state index contributed by atoms with van der Waals surface area (Å²) in [5, 5.41) is 0.395. The van der Waals surface area contributed by atoms with E-state index in [-0.39, 0.29) is 29.1 Å². The average Bonchev–Trinajstić information content (AvgIpc) is 3.12. The minimum atomic E-state index is -0.736. The molecule has 0 radical (unpaired) electrons. The van der Waals surface area contributed by atoms with Gasteiger partial charge in [0.1, 0.15) is 11.4 Å². The summed E-state index contributed by atoms with van der Waals surface area (Å²) in [6.07, 6.45) is 0. The van der Waals surface area contributed by atoms with Gasteiger partial charge in [0.25, 0.3) is 5.91 Å². The Bertz CT molecular complexity index is 1490.